The number of benzene rings is 3. The Kier molecular flexibility index (Phi) is 7.46. The van der Waals surface area contributed by atoms with Crippen molar-refractivity contribution in [3.63, 3.8) is 0 Å². The van der Waals surface area contributed by atoms with Gasteiger partial charge in [-0.15, -0.1) is 0 Å². The fourth-order valence-electron chi connectivity index (χ4n) is 4.34. The van der Waals surface area contributed by atoms with Crippen LogP contribution in [0.25, 0.3) is 15.3 Å². The quantitative estimate of drug-likeness (QED) is 0.174. The molecule has 0 radical (unpaired) electrons. The number of hydrazone groups is 1. The minimum Gasteiger partial charge on any atom is -0.469 e. The Hall–Kier alpha value is -4.83. The summed E-state index contributed by atoms with van der Waals surface area (Å²) in [6, 6.07) is 26.3. The summed E-state index contributed by atoms with van der Waals surface area (Å²) in [5.41, 5.74) is 5.26. The predicted octanol–water partition coefficient (Wildman–Crippen LogP) is 4.16. The number of H-pyrrole nitrogens is 1. The highest BCUT2D eigenvalue weighted by molar-refractivity contribution is 7.20. The Labute approximate surface area is 227 Å². The second-order valence-corrected chi connectivity index (χ2v) is 9.76. The Bertz CT molecular complexity index is 1650. The predicted molar refractivity (Wildman–Crippen MR) is 150 cm³/mol. The molecule has 10 heteroatoms. The van der Waals surface area contributed by atoms with Crippen molar-refractivity contribution in [3.8, 4) is 5.13 Å². The molecule has 0 aliphatic carbocycles. The van der Waals surface area contributed by atoms with Crippen molar-refractivity contribution in [1.29, 1.82) is 0 Å². The molecule has 0 fully saturated rings. The van der Waals surface area contributed by atoms with Crippen LogP contribution in [-0.4, -0.2) is 39.5 Å². The Balaban J connectivity index is 1.50. The van der Waals surface area contributed by atoms with Crippen molar-refractivity contribution in [3.05, 3.63) is 118 Å². The van der Waals surface area contributed by atoms with Crippen molar-refractivity contribution < 1.29 is 14.3 Å². The molecule has 0 saturated carbocycles. The van der Waals surface area contributed by atoms with E-state index in [2.05, 4.69) is 20.6 Å². The highest BCUT2D eigenvalue weighted by Gasteiger charge is 2.25. The minimum absolute atomic E-state index is 0.163. The summed E-state index contributed by atoms with van der Waals surface area (Å²) >= 11 is 1.34. The molecule has 39 heavy (non-hydrogen) atoms. The first-order chi connectivity index (χ1) is 19.0. The monoisotopic (exact) mass is 539 g/mol. The van der Waals surface area contributed by atoms with Crippen molar-refractivity contribution in [2.75, 3.05) is 7.11 Å². The summed E-state index contributed by atoms with van der Waals surface area (Å²) in [5, 5.41) is 7.70. The number of aromatic amines is 1. The zero-order chi connectivity index (χ0) is 27.4. The minimum atomic E-state index is -0.607. The van der Waals surface area contributed by atoms with Crippen LogP contribution in [-0.2, 0) is 20.7 Å². The van der Waals surface area contributed by atoms with Crippen LogP contribution < -0.4 is 11.0 Å². The van der Waals surface area contributed by atoms with Gasteiger partial charge in [-0.25, -0.2) is 10.4 Å². The number of carbonyl (C=O) groups is 2. The molecule has 5 rings (SSSR count). The molecule has 3 aromatic carbocycles. The molecule has 0 bridgehead atoms. The zero-order valence-corrected chi connectivity index (χ0v) is 22.1. The van der Waals surface area contributed by atoms with Gasteiger partial charge < -0.3 is 4.74 Å². The topological polar surface area (TPSA) is 118 Å². The SMILES string of the molecule is COC(=O)Cc1[nH]n(-c2nc3ccccc3s2)c(=O)c1C(C)=NNC(=O)C(c1ccccc1)c1ccccc1. The van der Waals surface area contributed by atoms with Crippen LogP contribution in [0.5, 0.6) is 0 Å². The van der Waals surface area contributed by atoms with Crippen LogP contribution in [0.15, 0.2) is 94.8 Å². The molecule has 0 aliphatic rings. The molecule has 196 valence electrons. The van der Waals surface area contributed by atoms with Gasteiger partial charge in [-0.05, 0) is 30.2 Å². The van der Waals surface area contributed by atoms with E-state index < -0.39 is 17.4 Å². The summed E-state index contributed by atoms with van der Waals surface area (Å²) < 4.78 is 7.03. The number of aromatic nitrogens is 3. The average molecular weight is 540 g/mol. The number of hydrogen-bond donors (Lipinski definition) is 2. The first kappa shape index (κ1) is 25.8. The Morgan fingerprint density at radius 2 is 1.62 bits per heavy atom. The molecule has 0 atom stereocenters. The van der Waals surface area contributed by atoms with Gasteiger partial charge >= 0.3 is 5.97 Å². The molecule has 0 saturated heterocycles. The fraction of sp³-hybridized carbons (Fsp3) is 0.138. The van der Waals surface area contributed by atoms with Gasteiger partial charge in [0.2, 0.25) is 5.13 Å². The van der Waals surface area contributed by atoms with E-state index in [1.54, 1.807) is 6.92 Å². The number of ether oxygens (including phenoxy) is 1. The number of hydrogen-bond acceptors (Lipinski definition) is 7. The third kappa shape index (κ3) is 5.41. The number of esters is 1. The molecular formula is C29H25N5O4S. The molecule has 2 aromatic heterocycles. The maximum absolute atomic E-state index is 13.6. The number of rotatable bonds is 8. The molecule has 0 spiro atoms. The number of amides is 1. The second kappa shape index (κ2) is 11.3. The van der Waals surface area contributed by atoms with Crippen LogP contribution in [0.4, 0.5) is 0 Å². The number of nitrogens with zero attached hydrogens (tertiary/aromatic N) is 3. The van der Waals surface area contributed by atoms with Gasteiger partial charge in [0, 0.05) is 0 Å². The van der Waals surface area contributed by atoms with E-state index in [0.717, 1.165) is 21.3 Å². The van der Waals surface area contributed by atoms with E-state index in [-0.39, 0.29) is 23.6 Å². The zero-order valence-electron chi connectivity index (χ0n) is 21.3. The van der Waals surface area contributed by atoms with Gasteiger partial charge in [-0.3, -0.25) is 19.5 Å². The van der Waals surface area contributed by atoms with Crippen LogP contribution >= 0.6 is 11.3 Å². The lowest BCUT2D eigenvalue weighted by atomic mass is 9.91. The summed E-state index contributed by atoms with van der Waals surface area (Å²) in [6.07, 6.45) is -0.184. The van der Waals surface area contributed by atoms with Crippen molar-refractivity contribution >= 4 is 39.1 Å². The second-order valence-electron chi connectivity index (χ2n) is 8.75. The lowest BCUT2D eigenvalue weighted by Crippen LogP contribution is -2.28. The molecule has 1 amide bonds. The van der Waals surface area contributed by atoms with Crippen molar-refractivity contribution in [2.45, 2.75) is 19.3 Å². The van der Waals surface area contributed by atoms with Gasteiger partial charge in [0.25, 0.3) is 11.5 Å². The normalized spacial score (nSPS) is 11.6. The number of nitrogens with one attached hydrogen (secondary N) is 2. The maximum Gasteiger partial charge on any atom is 0.311 e. The number of carbonyl (C=O) groups excluding carboxylic acids is 2. The smallest absolute Gasteiger partial charge is 0.311 e. The van der Waals surface area contributed by atoms with Crippen molar-refractivity contribution in [2.24, 2.45) is 5.10 Å². The van der Waals surface area contributed by atoms with Gasteiger partial charge in [0.1, 0.15) is 0 Å². The number of para-hydroxylation sites is 1. The molecule has 0 unspecified atom stereocenters. The maximum atomic E-state index is 13.6. The third-order valence-electron chi connectivity index (χ3n) is 6.21. The summed E-state index contributed by atoms with van der Waals surface area (Å²) in [6.45, 7) is 1.61. The van der Waals surface area contributed by atoms with E-state index in [1.165, 1.54) is 23.1 Å². The summed E-state index contributed by atoms with van der Waals surface area (Å²) in [7, 11) is 1.28. The van der Waals surface area contributed by atoms with Crippen molar-refractivity contribution in [1.82, 2.24) is 20.2 Å². The van der Waals surface area contributed by atoms with Gasteiger partial charge in [0.15, 0.2) is 0 Å². The number of thiazole rings is 1. The Morgan fingerprint density at radius 1 is 1.00 bits per heavy atom. The number of fused-ring (bicyclic) bond motifs is 1. The van der Waals surface area contributed by atoms with Gasteiger partial charge in [-0.2, -0.15) is 9.78 Å². The molecule has 2 heterocycles. The van der Waals surface area contributed by atoms with E-state index in [1.807, 2.05) is 84.9 Å². The lowest BCUT2D eigenvalue weighted by Gasteiger charge is -2.16. The standard InChI is InChI=1S/C29H25N5O4S/c1-18(31-32-27(36)26(19-11-5-3-6-12-19)20-13-7-4-8-14-20)25-22(17-24(35)38-2)33-34(28(25)37)29-30-21-15-9-10-16-23(21)39-29/h3-16,26,33H,17H2,1-2H3,(H,32,36). The van der Waals surface area contributed by atoms with E-state index in [9.17, 15) is 14.4 Å². The summed E-state index contributed by atoms with van der Waals surface area (Å²) in [4.78, 5) is 43.7. The number of methoxy groups -OCH3 is 1. The first-order valence-corrected chi connectivity index (χ1v) is 13.0. The highest BCUT2D eigenvalue weighted by Crippen LogP contribution is 2.25. The lowest BCUT2D eigenvalue weighted by molar-refractivity contribution is -0.139. The van der Waals surface area contributed by atoms with E-state index in [0.29, 0.717) is 10.8 Å². The van der Waals surface area contributed by atoms with Gasteiger partial charge in [0.05, 0.1) is 46.6 Å². The fourth-order valence-corrected chi connectivity index (χ4v) is 5.26. The van der Waals surface area contributed by atoms with Crippen LogP contribution in [0.1, 0.15) is 35.2 Å². The van der Waals surface area contributed by atoms with E-state index >= 15 is 0 Å². The highest BCUT2D eigenvalue weighted by atomic mass is 32.1. The Morgan fingerprint density at radius 3 is 2.23 bits per heavy atom. The first-order valence-electron chi connectivity index (χ1n) is 12.2. The largest absolute Gasteiger partial charge is 0.469 e. The molecule has 0 aliphatic heterocycles. The molecular weight excluding hydrogens is 514 g/mol. The van der Waals surface area contributed by atoms with E-state index in [4.69, 9.17) is 4.74 Å². The molecule has 5 aromatic rings. The average Bonchev–Trinajstić information content (AvgIpc) is 3.53. The van der Waals surface area contributed by atoms with Crippen LogP contribution in [0.3, 0.4) is 0 Å². The molecule has 2 N–H and O–H groups in total. The van der Waals surface area contributed by atoms with Crippen LogP contribution in [0.2, 0.25) is 0 Å². The third-order valence-corrected chi connectivity index (χ3v) is 7.23. The molecule has 9 nitrogen and oxygen atoms in total. The summed E-state index contributed by atoms with van der Waals surface area (Å²) in [5.74, 6) is -1.49. The van der Waals surface area contributed by atoms with Gasteiger partial charge in [-0.1, -0.05) is 84.1 Å². The van der Waals surface area contributed by atoms with Crippen LogP contribution in [0, 0.1) is 0 Å².